The van der Waals surface area contributed by atoms with E-state index in [1.54, 1.807) is 11.3 Å². The lowest BCUT2D eigenvalue weighted by Gasteiger charge is -2.21. The third-order valence-electron chi connectivity index (χ3n) is 6.48. The van der Waals surface area contributed by atoms with Crippen molar-refractivity contribution in [3.8, 4) is 10.4 Å². The van der Waals surface area contributed by atoms with Gasteiger partial charge in [-0.05, 0) is 62.6 Å². The summed E-state index contributed by atoms with van der Waals surface area (Å²) in [5.41, 5.74) is 2.65. The van der Waals surface area contributed by atoms with Crippen molar-refractivity contribution in [3.63, 3.8) is 0 Å². The van der Waals surface area contributed by atoms with E-state index in [4.69, 9.17) is 4.98 Å². The summed E-state index contributed by atoms with van der Waals surface area (Å²) in [6.45, 7) is 4.84. The quantitative estimate of drug-likeness (QED) is 0.576. The Labute approximate surface area is 184 Å². The average Bonchev–Trinajstić information content (AvgIpc) is 3.36. The molecule has 1 aromatic carbocycles. The Bertz CT molecular complexity index is 972. The van der Waals surface area contributed by atoms with Gasteiger partial charge in [0.1, 0.15) is 0 Å². The van der Waals surface area contributed by atoms with E-state index in [-0.39, 0.29) is 6.04 Å². The summed E-state index contributed by atoms with van der Waals surface area (Å²) in [5.74, 6) is 0.740. The summed E-state index contributed by atoms with van der Waals surface area (Å²) in [4.78, 5) is 6.14. The third kappa shape index (κ3) is 5.06. The number of aromatic nitrogens is 1. The van der Waals surface area contributed by atoms with Gasteiger partial charge in [0.2, 0.25) is 10.0 Å². The highest BCUT2D eigenvalue weighted by Gasteiger charge is 2.25. The highest BCUT2D eigenvalue weighted by molar-refractivity contribution is 7.89. The van der Waals surface area contributed by atoms with Crippen LogP contribution in [0.3, 0.4) is 0 Å². The van der Waals surface area contributed by atoms with E-state index in [2.05, 4.69) is 10.0 Å². The van der Waals surface area contributed by atoms with Gasteiger partial charge in [-0.3, -0.25) is 0 Å². The Hall–Kier alpha value is -1.44. The van der Waals surface area contributed by atoms with Crippen LogP contribution in [0.4, 0.5) is 5.13 Å². The molecule has 1 aromatic heterocycles. The molecule has 0 spiro atoms. The number of hydrogen-bond acceptors (Lipinski definition) is 5. The molecule has 1 heterocycles. The molecule has 0 atom stereocenters. The molecular weight excluding hydrogens is 414 g/mol. The summed E-state index contributed by atoms with van der Waals surface area (Å²) in [6, 6.07) is 5.80. The van der Waals surface area contributed by atoms with Gasteiger partial charge in [-0.15, -0.1) is 0 Å². The van der Waals surface area contributed by atoms with Crippen molar-refractivity contribution < 1.29 is 8.42 Å². The highest BCUT2D eigenvalue weighted by atomic mass is 32.2. The fourth-order valence-electron chi connectivity index (χ4n) is 4.72. The van der Waals surface area contributed by atoms with E-state index in [1.165, 1.54) is 32.1 Å². The minimum absolute atomic E-state index is 0.0683. The van der Waals surface area contributed by atoms with E-state index in [0.717, 1.165) is 65.0 Å². The van der Waals surface area contributed by atoms with Crippen molar-refractivity contribution in [2.24, 2.45) is 5.92 Å². The Balaban J connectivity index is 1.52. The van der Waals surface area contributed by atoms with Gasteiger partial charge in [-0.1, -0.05) is 55.6 Å². The molecule has 2 saturated carbocycles. The fourth-order valence-corrected chi connectivity index (χ4v) is 7.27. The average molecular weight is 448 g/mol. The van der Waals surface area contributed by atoms with E-state index in [1.807, 2.05) is 32.0 Å². The summed E-state index contributed by atoms with van der Waals surface area (Å²) >= 11 is 1.62. The normalized spacial score (nSPS) is 18.7. The molecule has 2 aliphatic rings. The van der Waals surface area contributed by atoms with Crippen LogP contribution in [0.2, 0.25) is 0 Å². The van der Waals surface area contributed by atoms with Crippen molar-refractivity contribution in [1.82, 2.24) is 9.71 Å². The number of anilines is 1. The van der Waals surface area contributed by atoms with Crippen molar-refractivity contribution in [3.05, 3.63) is 29.5 Å². The van der Waals surface area contributed by atoms with Crippen LogP contribution in [0.25, 0.3) is 10.4 Å². The van der Waals surface area contributed by atoms with Crippen LogP contribution in [-0.4, -0.2) is 26.0 Å². The van der Waals surface area contributed by atoms with Gasteiger partial charge in [0.05, 0.1) is 15.5 Å². The number of hydrogen-bond donors (Lipinski definition) is 2. The first-order valence-electron chi connectivity index (χ1n) is 11.3. The van der Waals surface area contributed by atoms with E-state index < -0.39 is 10.0 Å². The number of benzene rings is 1. The van der Waals surface area contributed by atoms with Gasteiger partial charge in [-0.2, -0.15) is 0 Å². The number of thiazole rings is 1. The first-order valence-corrected chi connectivity index (χ1v) is 13.6. The summed E-state index contributed by atoms with van der Waals surface area (Å²) in [6.07, 6.45) is 10.7. The van der Waals surface area contributed by atoms with Crippen LogP contribution in [0, 0.1) is 19.8 Å². The fraction of sp³-hybridized carbons (Fsp3) is 0.609. The molecule has 2 N–H and O–H groups in total. The number of rotatable bonds is 7. The lowest BCUT2D eigenvalue weighted by atomic mass is 9.89. The zero-order valence-corrected chi connectivity index (χ0v) is 19.7. The molecule has 0 aliphatic heterocycles. The molecule has 30 heavy (non-hydrogen) atoms. The first-order chi connectivity index (χ1) is 14.4. The monoisotopic (exact) mass is 447 g/mol. The Morgan fingerprint density at radius 2 is 1.73 bits per heavy atom. The molecule has 0 radical (unpaired) electrons. The third-order valence-corrected chi connectivity index (χ3v) is 9.31. The second-order valence-electron chi connectivity index (χ2n) is 8.90. The molecule has 0 saturated heterocycles. The molecule has 0 amide bonds. The maximum atomic E-state index is 13.0. The Morgan fingerprint density at radius 1 is 1.03 bits per heavy atom. The van der Waals surface area contributed by atoms with Crippen molar-refractivity contribution >= 4 is 26.5 Å². The van der Waals surface area contributed by atoms with Crippen molar-refractivity contribution in [1.29, 1.82) is 0 Å². The second kappa shape index (κ2) is 9.37. The van der Waals surface area contributed by atoms with Crippen LogP contribution in [-0.2, 0) is 10.0 Å². The number of sulfonamides is 1. The SMILES string of the molecule is Cc1ccc(-c2sc(NCC3CCCCC3)nc2C)cc1S(=O)(=O)NC1CCCC1. The maximum Gasteiger partial charge on any atom is 0.241 e. The molecule has 2 aliphatic carbocycles. The number of nitrogens with zero attached hydrogens (tertiary/aromatic N) is 1. The standard InChI is InChI=1S/C23H33N3O2S2/c1-16-12-13-19(14-21(16)30(27,28)26-20-10-6-7-11-20)22-17(2)25-23(29-22)24-15-18-8-4-3-5-9-18/h12-14,18,20,26H,3-11,15H2,1-2H3,(H,24,25). The van der Waals surface area contributed by atoms with Gasteiger partial charge >= 0.3 is 0 Å². The zero-order chi connectivity index (χ0) is 21.1. The van der Waals surface area contributed by atoms with Crippen molar-refractivity contribution in [2.45, 2.75) is 82.6 Å². The minimum Gasteiger partial charge on any atom is -0.361 e. The number of nitrogens with one attached hydrogen (secondary N) is 2. The topological polar surface area (TPSA) is 71.1 Å². The van der Waals surface area contributed by atoms with Gasteiger partial charge in [0, 0.05) is 12.6 Å². The maximum absolute atomic E-state index is 13.0. The van der Waals surface area contributed by atoms with Crippen molar-refractivity contribution in [2.75, 3.05) is 11.9 Å². The lowest BCUT2D eigenvalue weighted by Crippen LogP contribution is -2.33. The van der Waals surface area contributed by atoms with Gasteiger partial charge in [0.15, 0.2) is 5.13 Å². The van der Waals surface area contributed by atoms with Gasteiger partial charge in [0.25, 0.3) is 0 Å². The largest absolute Gasteiger partial charge is 0.361 e. The predicted molar refractivity (Wildman–Crippen MR) is 125 cm³/mol. The summed E-state index contributed by atoms with van der Waals surface area (Å²) < 4.78 is 29.0. The molecule has 0 unspecified atom stereocenters. The van der Waals surface area contributed by atoms with E-state index in [0.29, 0.717) is 4.90 Å². The molecule has 7 heteroatoms. The summed E-state index contributed by atoms with van der Waals surface area (Å²) in [5, 5.41) is 4.46. The van der Waals surface area contributed by atoms with E-state index >= 15 is 0 Å². The molecule has 5 nitrogen and oxygen atoms in total. The summed E-state index contributed by atoms with van der Waals surface area (Å²) in [7, 11) is -3.52. The van der Waals surface area contributed by atoms with Gasteiger partial charge in [-0.25, -0.2) is 18.1 Å². The second-order valence-corrected chi connectivity index (χ2v) is 11.6. The van der Waals surface area contributed by atoms with Crippen LogP contribution < -0.4 is 10.0 Å². The van der Waals surface area contributed by atoms with Crippen LogP contribution in [0.1, 0.15) is 69.0 Å². The minimum atomic E-state index is -3.52. The first kappa shape index (κ1) is 21.8. The molecule has 2 aromatic rings. The Kier molecular flexibility index (Phi) is 6.80. The smallest absolute Gasteiger partial charge is 0.241 e. The predicted octanol–water partition coefficient (Wildman–Crippen LogP) is 5.64. The van der Waals surface area contributed by atoms with Gasteiger partial charge < -0.3 is 5.32 Å². The molecule has 164 valence electrons. The lowest BCUT2D eigenvalue weighted by molar-refractivity contribution is 0.373. The molecule has 0 bridgehead atoms. The van der Waals surface area contributed by atoms with Crippen LogP contribution in [0.15, 0.2) is 23.1 Å². The van der Waals surface area contributed by atoms with Crippen LogP contribution in [0.5, 0.6) is 0 Å². The molecular formula is C23H33N3O2S2. The number of aryl methyl sites for hydroxylation is 2. The highest BCUT2D eigenvalue weighted by Crippen LogP contribution is 2.35. The van der Waals surface area contributed by atoms with Crippen LogP contribution >= 0.6 is 11.3 Å². The zero-order valence-electron chi connectivity index (χ0n) is 18.0. The Morgan fingerprint density at radius 3 is 2.47 bits per heavy atom. The molecule has 4 rings (SSSR count). The van der Waals surface area contributed by atoms with E-state index in [9.17, 15) is 8.42 Å². The molecule has 2 fully saturated rings.